The lowest BCUT2D eigenvalue weighted by Gasteiger charge is -2.40. The van der Waals surface area contributed by atoms with E-state index in [-0.39, 0.29) is 151 Å². The zero-order valence-corrected chi connectivity index (χ0v) is 85.3. The minimum atomic E-state index is -3.06. The minimum Gasteiger partial charge on any atom is -0.394 e. The van der Waals surface area contributed by atoms with Gasteiger partial charge in [-0.3, -0.25) is 38.4 Å². The van der Waals surface area contributed by atoms with Gasteiger partial charge in [-0.15, -0.1) is 45.3 Å². The maximum atomic E-state index is 13.5. The topological polar surface area (TPSA) is 453 Å². The zero-order valence-electron chi connectivity index (χ0n) is 83.3. The lowest BCUT2D eigenvalue weighted by atomic mass is 9.99. The summed E-state index contributed by atoms with van der Waals surface area (Å²) in [6, 6.07) is 7.99. The van der Waals surface area contributed by atoms with Crippen molar-refractivity contribution in [1.82, 2.24) is 80.7 Å². The fourth-order valence-electron chi connectivity index (χ4n) is 15.8. The molecule has 6 aliphatic heterocycles. The predicted molar refractivity (Wildman–Crippen MR) is 528 cm³/mol. The van der Waals surface area contributed by atoms with Gasteiger partial charge in [-0.2, -0.15) is 0 Å². The summed E-state index contributed by atoms with van der Waals surface area (Å²) < 4.78 is 44.1. The number of nitrogens with one attached hydrogen (secondary N) is 8. The quantitative estimate of drug-likeness (QED) is 0.0253. The number of sulfone groups is 1. The van der Waals surface area contributed by atoms with Gasteiger partial charge in [0, 0.05) is 133 Å². The van der Waals surface area contributed by atoms with Crippen LogP contribution < -0.4 is 42.5 Å². The second kappa shape index (κ2) is 42.6. The first-order chi connectivity index (χ1) is 63.3. The first kappa shape index (κ1) is 101. The summed E-state index contributed by atoms with van der Waals surface area (Å²) in [5.74, 6) is -0.0745. The monoisotopic (exact) mass is 1940 g/mol. The number of amides is 8. The highest BCUT2D eigenvalue weighted by Gasteiger charge is 2.43. The molecule has 14 rings (SSSR count). The molecule has 6 fully saturated rings. The van der Waals surface area contributed by atoms with Crippen LogP contribution in [0.3, 0.4) is 0 Å². The third kappa shape index (κ3) is 27.0. The highest BCUT2D eigenvalue weighted by Crippen LogP contribution is 2.42. The van der Waals surface area contributed by atoms with E-state index in [0.717, 1.165) is 143 Å². The van der Waals surface area contributed by atoms with E-state index in [9.17, 15) is 62.1 Å². The summed E-state index contributed by atoms with van der Waals surface area (Å²) in [6.45, 7) is 44.9. The van der Waals surface area contributed by atoms with Crippen LogP contribution in [-0.2, 0) is 14.6 Å². The number of carbonyl (C=O) groups is 8. The molecule has 8 aromatic heterocycles. The normalized spacial score (nSPS) is 18.8. The van der Waals surface area contributed by atoms with Crippen LogP contribution in [0.2, 0.25) is 0 Å². The number of carbonyl (C=O) groups excluding carboxylic acids is 8. The Morgan fingerprint density at radius 2 is 0.791 bits per heavy atom. The summed E-state index contributed by atoms with van der Waals surface area (Å²) in [7, 11) is -3.06. The van der Waals surface area contributed by atoms with Crippen LogP contribution in [0.15, 0.2) is 49.1 Å². The minimum absolute atomic E-state index is 0.0514. The van der Waals surface area contributed by atoms with Crippen LogP contribution in [0.25, 0.3) is 41.8 Å². The van der Waals surface area contributed by atoms with Crippen LogP contribution in [0.4, 0.5) is 23.3 Å². The molecule has 134 heavy (non-hydrogen) atoms. The molecule has 0 aliphatic carbocycles. The van der Waals surface area contributed by atoms with Gasteiger partial charge in [-0.1, -0.05) is 6.92 Å². The van der Waals surface area contributed by atoms with Crippen LogP contribution >= 0.6 is 45.3 Å². The van der Waals surface area contributed by atoms with Crippen LogP contribution in [0.1, 0.15) is 295 Å². The number of anilines is 4. The van der Waals surface area contributed by atoms with Crippen molar-refractivity contribution in [2.24, 2.45) is 0 Å². The number of likely N-dealkylation sites (tertiary alicyclic amines) is 4. The second-order valence-corrected chi connectivity index (χ2v) is 46.3. The summed E-state index contributed by atoms with van der Waals surface area (Å²) in [5, 5.41) is 54.1. The Morgan fingerprint density at radius 1 is 0.485 bits per heavy atom. The molecule has 11 N–H and O–H groups in total. The third-order valence-corrected chi connectivity index (χ3v) is 29.3. The number of aromatic nitrogens is 8. The molecule has 39 heteroatoms. The van der Waals surface area contributed by atoms with E-state index >= 15 is 0 Å². The number of nitrogens with zero attached hydrogens (tertiary/aromatic N) is 12. The van der Waals surface area contributed by atoms with Gasteiger partial charge in [0.25, 0.3) is 47.3 Å². The molecule has 0 aromatic carbocycles. The summed E-state index contributed by atoms with van der Waals surface area (Å²) >= 11 is 4.51. The zero-order chi connectivity index (χ0) is 100. The van der Waals surface area contributed by atoms with Gasteiger partial charge < -0.3 is 82.2 Å². The highest BCUT2D eigenvalue weighted by molar-refractivity contribution is 7.92. The molecule has 8 amide bonds. The number of rotatable bonds is 25. The fourth-order valence-corrected chi connectivity index (χ4v) is 21.2. The van der Waals surface area contributed by atoms with Crippen molar-refractivity contribution in [2.45, 2.75) is 287 Å². The van der Waals surface area contributed by atoms with Crippen molar-refractivity contribution in [3.05, 3.63) is 114 Å². The molecule has 34 nitrogen and oxygen atoms in total. The second-order valence-electron chi connectivity index (χ2n) is 40.1. The van der Waals surface area contributed by atoms with Crippen molar-refractivity contribution in [3.8, 4) is 41.8 Å². The van der Waals surface area contributed by atoms with Gasteiger partial charge in [-0.25, -0.2) is 48.3 Å². The smallest absolute Gasteiger partial charge is 0.280 e. The average molecular weight is 1940 g/mol. The maximum Gasteiger partial charge on any atom is 0.280 e. The Kier molecular flexibility index (Phi) is 32.2. The number of hydrogen-bond donors (Lipinski definition) is 11. The molecule has 0 spiro atoms. The van der Waals surface area contributed by atoms with Crippen molar-refractivity contribution >= 4 is 126 Å². The molecule has 5 atom stereocenters. The molecule has 728 valence electrons. The number of hydrogen-bond acceptors (Lipinski definition) is 30. The van der Waals surface area contributed by atoms with Crippen LogP contribution in [0.5, 0.6) is 0 Å². The molecule has 0 saturated carbocycles. The van der Waals surface area contributed by atoms with Gasteiger partial charge in [0.15, 0.2) is 29.9 Å². The number of ether oxygens (including phenoxy) is 1. The third-order valence-electron chi connectivity index (χ3n) is 23.1. The molecule has 6 saturated heterocycles. The van der Waals surface area contributed by atoms with Gasteiger partial charge in [-0.05, 0) is 257 Å². The van der Waals surface area contributed by atoms with Crippen molar-refractivity contribution in [2.75, 3.05) is 91.8 Å². The van der Waals surface area contributed by atoms with E-state index in [4.69, 9.17) is 7.48 Å². The fraction of sp³-hybridized carbons (Fsp3) is 0.579. The number of pyridine rings is 4. The van der Waals surface area contributed by atoms with Crippen molar-refractivity contribution in [3.63, 3.8) is 0 Å². The SMILES string of the molecule is Cc1cc(NC(C)(C)C)ncc1-c1sc(C(=O)NC2(CO)COC2)nc1C(=O)N1CCC[C@@H]1C.Cc1cc(NC(C)(C)C)ncc1-c1sc(C(=O)NC2CS(=O)(=O)C2)nc1C(=O)N1CCC[C@@H]1C.Cc1cc(NC(C)(C)C)ncc1-c1sc(C(=O)NCC(C)(C)O)nc1C(=O)N1CCC[C@@H]1C.[2H]C([2H])(NC(=O)c1nc(C(=O)N2CCC[C@@H]2C)c(-c2cnc(N[C@H](C)CC)cc2C)s1)C(C)(C)O. The van der Waals surface area contributed by atoms with E-state index in [1.807, 2.05) is 110 Å². The molecule has 0 bridgehead atoms. The predicted octanol–water partition coefficient (Wildman–Crippen LogP) is 13.4. The molecule has 0 radical (unpaired) electrons. The van der Waals surface area contributed by atoms with Gasteiger partial charge in [0.1, 0.15) is 51.6 Å². The summed E-state index contributed by atoms with van der Waals surface area (Å²) in [5.41, 5.74) is 3.51. The maximum absolute atomic E-state index is 13.5. The van der Waals surface area contributed by atoms with E-state index in [1.54, 1.807) is 48.4 Å². The van der Waals surface area contributed by atoms with E-state index in [0.29, 0.717) is 51.3 Å². The summed E-state index contributed by atoms with van der Waals surface area (Å²) in [4.78, 5) is 151. The summed E-state index contributed by atoms with van der Waals surface area (Å²) in [6.07, 6.45) is 15.3. The van der Waals surface area contributed by atoms with Crippen molar-refractivity contribution < 1.29 is 69.6 Å². The average Bonchev–Trinajstić information content (AvgIpc) is 1.64. The molecule has 8 aromatic rings. The van der Waals surface area contributed by atoms with Crippen LogP contribution in [-0.4, -0.2) is 271 Å². The highest BCUT2D eigenvalue weighted by atomic mass is 32.2. The standard InChI is InChI=1S/C24H33N5O4S.2C24H35N5O3S.C23H31N5O4S2/c1-14-9-17(27-23(3,4)5)25-10-16(14)19-18(22(32)29-8-6-7-15(29)2)26-21(34-19)20(31)28-24(11-30)12-33-13-24;1-14-11-17(28-23(3,4)5)25-12-16(14)19-18(22(31)29-10-8-9-15(29)2)27-21(33-19)20(30)26-13-24(6,7)32;1-7-15(3)27-18-11-14(2)17(12-25-18)20-19(23(31)29-10-8-9-16(29)4)28-22(33-20)21(30)26-13-24(5,6)32;1-13-9-17(27-23(3,4)5)24-10-16(13)19-18(22(30)28-8-6-7-14(28)2)26-21(33-19)20(29)25-15-11-34(31,32)12-15/h9-10,15,30H,6-8,11-13H2,1-5H3,(H,25,27)(H,28,31);11-12,15,32H,8-10,13H2,1-7H3,(H,25,28)(H,26,30);11-12,15-16,32H,7-10,13H2,1-6H3,(H,25,27)(H,26,30);9-10,14-15H,6-8,11-12H2,1-5H3,(H,24,27)(H,25,29)/t2*15-;15-,16+;14-/m0010/s1/i;;13D2;. The van der Waals surface area contributed by atoms with Crippen LogP contribution in [0, 0.1) is 27.7 Å². The number of thiazole rings is 4. The van der Waals surface area contributed by atoms with Gasteiger partial charge in [0.05, 0.1) is 70.8 Å². The lowest BCUT2D eigenvalue weighted by molar-refractivity contribution is -0.0919. The Hall–Kier alpha value is -10.1. The van der Waals surface area contributed by atoms with Gasteiger partial charge in [0.2, 0.25) is 0 Å². The molecule has 0 unspecified atom stereocenters. The van der Waals surface area contributed by atoms with E-state index in [2.05, 4.69) is 138 Å². The largest absolute Gasteiger partial charge is 0.394 e. The van der Waals surface area contributed by atoms with Gasteiger partial charge >= 0.3 is 0 Å². The molecular weight excluding hydrogens is 1810 g/mol. The molecule has 14 heterocycles. The Morgan fingerprint density at radius 3 is 1.05 bits per heavy atom. The number of aryl methyl sites for hydroxylation is 4. The molecule has 6 aliphatic rings. The van der Waals surface area contributed by atoms with Crippen molar-refractivity contribution in [1.29, 1.82) is 0 Å². The Labute approximate surface area is 805 Å². The first-order valence-electron chi connectivity index (χ1n) is 46.7. The van der Waals surface area contributed by atoms with E-state index < -0.39 is 62.7 Å². The Balaban J connectivity index is 0.000000174. The first-order valence-corrected chi connectivity index (χ1v) is 50.8. The number of aliphatic hydroxyl groups is 3. The lowest BCUT2D eigenvalue weighted by Crippen LogP contribution is -2.64. The Bertz CT molecular complexity index is 5840. The molecular formula is C95H134N20O14S5. The van der Waals surface area contributed by atoms with E-state index in [1.165, 1.54) is 36.5 Å². The number of aliphatic hydroxyl groups excluding tert-OH is 1.